The zero-order chi connectivity index (χ0) is 23.8. The maximum Gasteiger partial charge on any atom is 0.338 e. The van der Waals surface area contributed by atoms with Gasteiger partial charge >= 0.3 is 11.9 Å². The molecule has 2 fully saturated rings. The summed E-state index contributed by atoms with van der Waals surface area (Å²) in [4.78, 5) is 25.3. The SMILES string of the molecule is C=C1CCC2[C@](C)(CO)[C@H](O)CC[C@@]2(C)[C@@H]1CC(OC(=O)c1ccccc1)C1=CCOC1=O. The van der Waals surface area contributed by atoms with E-state index in [1.54, 1.807) is 30.3 Å². The molecule has 1 heterocycles. The van der Waals surface area contributed by atoms with Gasteiger partial charge < -0.3 is 19.7 Å². The number of hydrogen-bond donors (Lipinski definition) is 2. The highest BCUT2D eigenvalue weighted by Gasteiger charge is 2.58. The Morgan fingerprint density at radius 3 is 2.64 bits per heavy atom. The van der Waals surface area contributed by atoms with E-state index in [4.69, 9.17) is 9.47 Å². The number of esters is 2. The minimum Gasteiger partial charge on any atom is -0.458 e. The highest BCUT2D eigenvalue weighted by atomic mass is 16.6. The first-order valence-electron chi connectivity index (χ1n) is 11.8. The first-order valence-corrected chi connectivity index (χ1v) is 11.8. The topological polar surface area (TPSA) is 93.1 Å². The highest BCUT2D eigenvalue weighted by molar-refractivity contribution is 5.94. The molecule has 0 spiro atoms. The number of hydrogen-bond acceptors (Lipinski definition) is 6. The second kappa shape index (κ2) is 9.07. The number of aliphatic hydroxyl groups is 2. The Hall–Kier alpha value is -2.44. The summed E-state index contributed by atoms with van der Waals surface area (Å²) in [6.07, 6.45) is 3.79. The molecule has 6 heteroatoms. The van der Waals surface area contributed by atoms with E-state index in [0.717, 1.165) is 24.8 Å². The van der Waals surface area contributed by atoms with Gasteiger partial charge in [0.1, 0.15) is 12.7 Å². The third-order valence-electron chi connectivity index (χ3n) is 8.50. The summed E-state index contributed by atoms with van der Waals surface area (Å²) >= 11 is 0. The van der Waals surface area contributed by atoms with Gasteiger partial charge in [0.05, 0.1) is 23.8 Å². The van der Waals surface area contributed by atoms with Gasteiger partial charge in [-0.15, -0.1) is 0 Å². The van der Waals surface area contributed by atoms with E-state index < -0.39 is 29.6 Å². The van der Waals surface area contributed by atoms with E-state index in [9.17, 15) is 19.8 Å². The molecule has 1 aromatic rings. The van der Waals surface area contributed by atoms with Gasteiger partial charge in [0.25, 0.3) is 0 Å². The molecule has 1 aromatic carbocycles. The standard InChI is InChI=1S/C27H34O6/c1-17-9-10-22-26(2,13-11-23(29)27(22,3)16-28)20(17)15-21(19-12-14-32-25(19)31)33-24(30)18-7-5-4-6-8-18/h4-8,12,20-23,28-29H,1,9-11,13-16H2,2-3H3/t20-,21?,22?,23-,26+,27+/m1/s1. The summed E-state index contributed by atoms with van der Waals surface area (Å²) in [6.45, 7) is 8.61. The predicted octanol–water partition coefficient (Wildman–Crippen LogP) is 3.83. The normalized spacial score (nSPS) is 34.8. The van der Waals surface area contributed by atoms with Gasteiger partial charge in [0.15, 0.2) is 0 Å². The van der Waals surface area contributed by atoms with E-state index in [2.05, 4.69) is 13.5 Å². The van der Waals surface area contributed by atoms with Crippen LogP contribution >= 0.6 is 0 Å². The fourth-order valence-electron chi connectivity index (χ4n) is 6.50. The Morgan fingerprint density at radius 1 is 1.27 bits per heavy atom. The number of ether oxygens (including phenoxy) is 2. The molecule has 0 amide bonds. The predicted molar refractivity (Wildman–Crippen MR) is 123 cm³/mol. The smallest absolute Gasteiger partial charge is 0.338 e. The zero-order valence-corrected chi connectivity index (χ0v) is 19.5. The van der Waals surface area contributed by atoms with Crippen molar-refractivity contribution in [2.24, 2.45) is 22.7 Å². The summed E-state index contributed by atoms with van der Waals surface area (Å²) < 4.78 is 11.1. The molecule has 6 atom stereocenters. The van der Waals surface area contributed by atoms with Gasteiger partial charge in [0, 0.05) is 5.41 Å². The van der Waals surface area contributed by atoms with Crippen molar-refractivity contribution in [3.05, 3.63) is 59.7 Å². The number of carbonyl (C=O) groups is 2. The van der Waals surface area contributed by atoms with Gasteiger partial charge in [-0.05, 0) is 67.6 Å². The van der Waals surface area contributed by atoms with E-state index in [1.807, 2.05) is 13.0 Å². The van der Waals surface area contributed by atoms with Crippen molar-refractivity contribution in [1.82, 2.24) is 0 Å². The van der Waals surface area contributed by atoms with Crippen molar-refractivity contribution in [3.63, 3.8) is 0 Å². The largest absolute Gasteiger partial charge is 0.458 e. The molecule has 0 radical (unpaired) electrons. The fraction of sp³-hybridized carbons (Fsp3) is 0.556. The molecule has 0 aromatic heterocycles. The summed E-state index contributed by atoms with van der Waals surface area (Å²) in [7, 11) is 0. The van der Waals surface area contributed by atoms with Crippen molar-refractivity contribution in [2.45, 2.75) is 58.2 Å². The van der Waals surface area contributed by atoms with Gasteiger partial charge in [-0.2, -0.15) is 0 Å². The van der Waals surface area contributed by atoms with Crippen LogP contribution in [0.25, 0.3) is 0 Å². The molecule has 1 aliphatic heterocycles. The molecule has 0 bridgehead atoms. The van der Waals surface area contributed by atoms with Crippen LogP contribution in [0.1, 0.15) is 56.3 Å². The lowest BCUT2D eigenvalue weighted by molar-refractivity contribution is -0.154. The molecule has 2 unspecified atom stereocenters. The van der Waals surface area contributed by atoms with Crippen LogP contribution in [0.15, 0.2) is 54.1 Å². The summed E-state index contributed by atoms with van der Waals surface area (Å²) in [5.74, 6) is -0.881. The van der Waals surface area contributed by atoms with Crippen LogP contribution in [-0.2, 0) is 14.3 Å². The molecule has 33 heavy (non-hydrogen) atoms. The first kappa shape index (κ1) is 23.7. The van der Waals surface area contributed by atoms with Crippen LogP contribution in [0.5, 0.6) is 0 Å². The van der Waals surface area contributed by atoms with E-state index in [0.29, 0.717) is 24.0 Å². The molecule has 3 aliphatic rings. The van der Waals surface area contributed by atoms with E-state index >= 15 is 0 Å². The van der Waals surface area contributed by atoms with E-state index in [-0.39, 0.29) is 30.5 Å². The number of rotatable bonds is 6. The Labute approximate surface area is 195 Å². The number of fused-ring (bicyclic) bond motifs is 1. The third-order valence-corrected chi connectivity index (χ3v) is 8.50. The van der Waals surface area contributed by atoms with Gasteiger partial charge in [-0.25, -0.2) is 9.59 Å². The Balaban J connectivity index is 1.65. The maximum absolute atomic E-state index is 12.9. The van der Waals surface area contributed by atoms with Gasteiger partial charge in [-0.3, -0.25) is 0 Å². The molecule has 0 saturated heterocycles. The molecule has 6 nitrogen and oxygen atoms in total. The van der Waals surface area contributed by atoms with Crippen LogP contribution in [0, 0.1) is 22.7 Å². The Kier molecular flexibility index (Phi) is 6.52. The van der Waals surface area contributed by atoms with Gasteiger partial charge in [0.2, 0.25) is 0 Å². The fourth-order valence-corrected chi connectivity index (χ4v) is 6.50. The van der Waals surface area contributed by atoms with Crippen molar-refractivity contribution in [2.75, 3.05) is 13.2 Å². The lowest BCUT2D eigenvalue weighted by Crippen LogP contribution is -2.57. The lowest BCUT2D eigenvalue weighted by Gasteiger charge is -2.60. The number of allylic oxidation sites excluding steroid dienone is 1. The highest BCUT2D eigenvalue weighted by Crippen LogP contribution is 2.62. The molecule has 178 valence electrons. The second-order valence-electron chi connectivity index (χ2n) is 10.3. The van der Waals surface area contributed by atoms with Crippen LogP contribution in [-0.4, -0.2) is 47.6 Å². The number of carbonyl (C=O) groups excluding carboxylic acids is 2. The minimum atomic E-state index is -0.753. The van der Waals surface area contributed by atoms with Crippen molar-refractivity contribution in [3.8, 4) is 0 Å². The van der Waals surface area contributed by atoms with Crippen molar-refractivity contribution < 1.29 is 29.3 Å². The minimum absolute atomic E-state index is 0.0301. The van der Waals surface area contributed by atoms with Crippen LogP contribution < -0.4 is 0 Å². The summed E-state index contributed by atoms with van der Waals surface area (Å²) in [6, 6.07) is 8.74. The molecular weight excluding hydrogens is 420 g/mol. The molecular formula is C27H34O6. The van der Waals surface area contributed by atoms with Crippen molar-refractivity contribution in [1.29, 1.82) is 0 Å². The van der Waals surface area contributed by atoms with Crippen LogP contribution in [0.2, 0.25) is 0 Å². The number of benzene rings is 1. The third kappa shape index (κ3) is 4.15. The average Bonchev–Trinajstić information content (AvgIpc) is 3.24. The second-order valence-corrected chi connectivity index (χ2v) is 10.3. The molecule has 2 N–H and O–H groups in total. The Bertz CT molecular complexity index is 953. The molecule has 2 aliphatic carbocycles. The van der Waals surface area contributed by atoms with E-state index in [1.165, 1.54) is 0 Å². The van der Waals surface area contributed by atoms with Gasteiger partial charge in [-0.1, -0.05) is 44.2 Å². The van der Waals surface area contributed by atoms with Crippen molar-refractivity contribution >= 4 is 11.9 Å². The van der Waals surface area contributed by atoms with Crippen LogP contribution in [0.4, 0.5) is 0 Å². The molecule has 2 saturated carbocycles. The average molecular weight is 455 g/mol. The maximum atomic E-state index is 12.9. The Morgan fingerprint density at radius 2 is 2.00 bits per heavy atom. The first-order chi connectivity index (χ1) is 15.7. The number of cyclic esters (lactones) is 1. The molecule has 4 rings (SSSR count). The van der Waals surface area contributed by atoms with Crippen LogP contribution in [0.3, 0.4) is 0 Å². The quantitative estimate of drug-likeness (QED) is 0.501. The zero-order valence-electron chi connectivity index (χ0n) is 19.5. The lowest BCUT2D eigenvalue weighted by atomic mass is 9.46. The number of aliphatic hydroxyl groups excluding tert-OH is 2. The monoisotopic (exact) mass is 454 g/mol. The summed E-state index contributed by atoms with van der Waals surface area (Å²) in [5.41, 5.74) is 1.02. The summed E-state index contributed by atoms with van der Waals surface area (Å²) in [5, 5.41) is 21.0.